The van der Waals surface area contributed by atoms with Gasteiger partial charge in [0.25, 0.3) is 0 Å². The number of nitrogens with two attached hydrogens (primary N) is 3. The highest BCUT2D eigenvalue weighted by atomic mass is 14.7. The van der Waals surface area contributed by atoms with Crippen LogP contribution in [0.5, 0.6) is 0 Å². The molecule has 0 radical (unpaired) electrons. The molecule has 3 nitrogen and oxygen atoms in total. The molecule has 0 fully saturated rings. The molecule has 0 aliphatic heterocycles. The van der Waals surface area contributed by atoms with Crippen LogP contribution in [-0.2, 0) is 0 Å². The van der Waals surface area contributed by atoms with Crippen LogP contribution in [-0.4, -0.2) is 0 Å². The maximum Gasteiger partial charge on any atom is 0.0550 e. The van der Waals surface area contributed by atoms with Gasteiger partial charge in [0.05, 0.1) is 11.4 Å². The van der Waals surface area contributed by atoms with Crippen LogP contribution in [0.1, 0.15) is 11.5 Å². The highest BCUT2D eigenvalue weighted by molar-refractivity contribution is 5.65. The van der Waals surface area contributed by atoms with E-state index in [1.807, 2.05) is 24.3 Å². The minimum atomic E-state index is 0.299. The van der Waals surface area contributed by atoms with Gasteiger partial charge in [0.1, 0.15) is 0 Å². The van der Waals surface area contributed by atoms with Gasteiger partial charge in [0.2, 0.25) is 0 Å². The summed E-state index contributed by atoms with van der Waals surface area (Å²) in [7, 11) is 0. The molecular weight excluding hydrogens is 150 g/mol. The number of nitrogen functional groups attached to an aromatic ring is 2. The highest BCUT2D eigenvalue weighted by Crippen LogP contribution is 2.36. The average Bonchev–Trinajstić information content (AvgIpc) is 2.73. The molecule has 12 heavy (non-hydrogen) atoms. The summed E-state index contributed by atoms with van der Waals surface area (Å²) < 4.78 is 0. The Bertz CT molecular complexity index is 355. The molecule has 6 N–H and O–H groups in total. The van der Waals surface area contributed by atoms with Gasteiger partial charge in [-0.15, -0.1) is 0 Å². The standard InChI is InChI=1S/C9H11N3/c10-7-2-1-5(3-9(7)12)6-4-8(6)11/h1-4,6H,10-12H2. The van der Waals surface area contributed by atoms with E-state index >= 15 is 0 Å². The molecule has 2 rings (SSSR count). The Morgan fingerprint density at radius 2 is 1.67 bits per heavy atom. The molecule has 1 unspecified atom stereocenters. The summed E-state index contributed by atoms with van der Waals surface area (Å²) in [5.41, 5.74) is 20.1. The molecule has 3 heteroatoms. The first-order valence-electron chi connectivity index (χ1n) is 3.80. The van der Waals surface area contributed by atoms with Crippen LogP contribution in [0.4, 0.5) is 11.4 Å². The van der Waals surface area contributed by atoms with Gasteiger partial charge in [-0.25, -0.2) is 0 Å². The Morgan fingerprint density at radius 1 is 1.00 bits per heavy atom. The zero-order chi connectivity index (χ0) is 8.72. The first-order chi connectivity index (χ1) is 5.68. The first-order valence-corrected chi connectivity index (χ1v) is 3.80. The Morgan fingerprint density at radius 3 is 2.17 bits per heavy atom. The van der Waals surface area contributed by atoms with Crippen molar-refractivity contribution >= 4 is 11.4 Å². The van der Waals surface area contributed by atoms with Gasteiger partial charge in [-0.3, -0.25) is 0 Å². The van der Waals surface area contributed by atoms with Crippen molar-refractivity contribution in [3.05, 3.63) is 35.5 Å². The Hall–Kier alpha value is -1.64. The fourth-order valence-corrected chi connectivity index (χ4v) is 1.22. The van der Waals surface area contributed by atoms with E-state index in [9.17, 15) is 0 Å². The van der Waals surface area contributed by atoms with Gasteiger partial charge in [0, 0.05) is 11.6 Å². The second-order valence-corrected chi connectivity index (χ2v) is 3.03. The lowest BCUT2D eigenvalue weighted by Gasteiger charge is -2.03. The first kappa shape index (κ1) is 7.03. The van der Waals surface area contributed by atoms with Gasteiger partial charge < -0.3 is 17.2 Å². The van der Waals surface area contributed by atoms with Crippen molar-refractivity contribution in [2.45, 2.75) is 5.92 Å². The zero-order valence-corrected chi connectivity index (χ0v) is 6.62. The van der Waals surface area contributed by atoms with Gasteiger partial charge >= 0.3 is 0 Å². The van der Waals surface area contributed by atoms with Crippen LogP contribution >= 0.6 is 0 Å². The third-order valence-electron chi connectivity index (χ3n) is 2.08. The van der Waals surface area contributed by atoms with E-state index in [0.29, 0.717) is 17.3 Å². The van der Waals surface area contributed by atoms with Crippen LogP contribution < -0.4 is 17.2 Å². The van der Waals surface area contributed by atoms with Crippen LogP contribution in [0.2, 0.25) is 0 Å². The SMILES string of the molecule is NC1=CC1c1ccc(N)c(N)c1. The van der Waals surface area contributed by atoms with Gasteiger partial charge in [-0.05, 0) is 17.7 Å². The van der Waals surface area contributed by atoms with Crippen molar-refractivity contribution in [1.82, 2.24) is 0 Å². The molecule has 0 spiro atoms. The van der Waals surface area contributed by atoms with Crippen LogP contribution in [0, 0.1) is 0 Å². The molecule has 0 saturated heterocycles. The number of hydrogen-bond donors (Lipinski definition) is 3. The number of anilines is 2. The van der Waals surface area contributed by atoms with E-state index in [2.05, 4.69) is 0 Å². The van der Waals surface area contributed by atoms with Crippen molar-refractivity contribution in [1.29, 1.82) is 0 Å². The van der Waals surface area contributed by atoms with Crippen molar-refractivity contribution in [3.8, 4) is 0 Å². The molecule has 1 aliphatic rings. The van der Waals surface area contributed by atoms with Crippen LogP contribution in [0.3, 0.4) is 0 Å². The zero-order valence-electron chi connectivity index (χ0n) is 6.62. The smallest absolute Gasteiger partial charge is 0.0550 e. The summed E-state index contributed by atoms with van der Waals surface area (Å²) >= 11 is 0. The summed E-state index contributed by atoms with van der Waals surface area (Å²) in [5, 5.41) is 0. The molecule has 0 bridgehead atoms. The largest absolute Gasteiger partial charge is 0.402 e. The van der Waals surface area contributed by atoms with Gasteiger partial charge in [-0.2, -0.15) is 0 Å². The average molecular weight is 161 g/mol. The maximum absolute atomic E-state index is 5.64. The van der Waals surface area contributed by atoms with E-state index in [4.69, 9.17) is 17.2 Å². The van der Waals surface area contributed by atoms with Crippen LogP contribution in [0.15, 0.2) is 30.0 Å². The van der Waals surface area contributed by atoms with Crippen LogP contribution in [0.25, 0.3) is 0 Å². The lowest BCUT2D eigenvalue weighted by atomic mass is 10.1. The fourth-order valence-electron chi connectivity index (χ4n) is 1.22. The molecule has 0 aromatic heterocycles. The molecule has 0 heterocycles. The monoisotopic (exact) mass is 161 g/mol. The van der Waals surface area contributed by atoms with E-state index < -0.39 is 0 Å². The summed E-state index contributed by atoms with van der Waals surface area (Å²) in [6, 6.07) is 5.63. The van der Waals surface area contributed by atoms with E-state index in [0.717, 1.165) is 11.3 Å². The molecule has 62 valence electrons. The molecule has 0 saturated carbocycles. The number of allylic oxidation sites excluding steroid dienone is 2. The molecule has 1 atom stereocenters. The number of rotatable bonds is 1. The lowest BCUT2D eigenvalue weighted by molar-refractivity contribution is 1.15. The minimum absolute atomic E-state index is 0.299. The molecule has 1 aromatic rings. The van der Waals surface area contributed by atoms with E-state index in [1.54, 1.807) is 0 Å². The predicted molar refractivity (Wildman–Crippen MR) is 50.3 cm³/mol. The second kappa shape index (κ2) is 2.17. The summed E-state index contributed by atoms with van der Waals surface area (Å²) in [6.07, 6.45) is 1.99. The van der Waals surface area contributed by atoms with Gasteiger partial charge in [-0.1, -0.05) is 12.1 Å². The fraction of sp³-hybridized carbons (Fsp3) is 0.111. The number of benzene rings is 1. The van der Waals surface area contributed by atoms with E-state index in [-0.39, 0.29) is 0 Å². The van der Waals surface area contributed by atoms with Gasteiger partial charge in [0.15, 0.2) is 0 Å². The minimum Gasteiger partial charge on any atom is -0.402 e. The predicted octanol–water partition coefficient (Wildman–Crippen LogP) is 0.791. The third kappa shape index (κ3) is 0.993. The maximum atomic E-state index is 5.64. The Labute approximate surface area is 70.9 Å². The highest BCUT2D eigenvalue weighted by Gasteiger charge is 2.23. The van der Waals surface area contributed by atoms with Crippen molar-refractivity contribution in [2.24, 2.45) is 5.73 Å². The summed E-state index contributed by atoms with van der Waals surface area (Å²) in [6.45, 7) is 0. The summed E-state index contributed by atoms with van der Waals surface area (Å²) in [5.74, 6) is 0.299. The molecule has 1 aromatic carbocycles. The quantitative estimate of drug-likeness (QED) is 0.533. The topological polar surface area (TPSA) is 78.1 Å². The molecule has 1 aliphatic carbocycles. The van der Waals surface area contributed by atoms with Crippen molar-refractivity contribution in [2.75, 3.05) is 11.5 Å². The summed E-state index contributed by atoms with van der Waals surface area (Å²) in [4.78, 5) is 0. The lowest BCUT2D eigenvalue weighted by Crippen LogP contribution is -1.97. The Balaban J connectivity index is 2.30. The normalized spacial score (nSPS) is 20.3. The molecular formula is C9H11N3. The van der Waals surface area contributed by atoms with E-state index in [1.165, 1.54) is 0 Å². The third-order valence-corrected chi connectivity index (χ3v) is 2.08. The number of hydrogen-bond acceptors (Lipinski definition) is 3. The second-order valence-electron chi connectivity index (χ2n) is 3.03. The van der Waals surface area contributed by atoms with Crippen molar-refractivity contribution in [3.63, 3.8) is 0 Å². The Kier molecular flexibility index (Phi) is 1.27. The van der Waals surface area contributed by atoms with Crippen molar-refractivity contribution < 1.29 is 0 Å². The molecule has 0 amide bonds.